The van der Waals surface area contributed by atoms with E-state index in [4.69, 9.17) is 34.8 Å². The first-order valence-corrected chi connectivity index (χ1v) is 6.80. The molecule has 2 rings (SSSR count). The Kier molecular flexibility index (Phi) is 4.42. The lowest BCUT2D eigenvalue weighted by Crippen LogP contribution is -2.36. The summed E-state index contributed by atoms with van der Waals surface area (Å²) in [7, 11) is 0. The molecule has 0 saturated heterocycles. The van der Waals surface area contributed by atoms with Gasteiger partial charge in [0.2, 0.25) is 0 Å². The van der Waals surface area contributed by atoms with Gasteiger partial charge in [-0.15, -0.1) is 0 Å². The van der Waals surface area contributed by atoms with Crippen molar-refractivity contribution in [1.29, 1.82) is 0 Å². The van der Waals surface area contributed by atoms with Crippen molar-refractivity contribution in [2.45, 2.75) is 37.8 Å². The van der Waals surface area contributed by atoms with Crippen LogP contribution in [-0.2, 0) is 0 Å². The Morgan fingerprint density at radius 3 is 2.24 bits per heavy atom. The van der Waals surface area contributed by atoms with E-state index in [1.165, 1.54) is 0 Å². The molecular weight excluding hydrogens is 280 g/mol. The molecule has 94 valence electrons. The molecule has 17 heavy (non-hydrogen) atoms. The maximum absolute atomic E-state index is 9.89. The molecular formula is C12H14Cl3NO. The first kappa shape index (κ1) is 13.3. The lowest BCUT2D eigenvalue weighted by atomic mass is 9.92. The highest BCUT2D eigenvalue weighted by atomic mass is 35.5. The van der Waals surface area contributed by atoms with Crippen molar-refractivity contribution in [2.24, 2.45) is 0 Å². The number of hydrogen-bond donors (Lipinski definition) is 2. The van der Waals surface area contributed by atoms with Gasteiger partial charge in [-0.05, 0) is 25.0 Å². The number of nitrogens with one attached hydrogen (secondary N) is 1. The monoisotopic (exact) mass is 293 g/mol. The van der Waals surface area contributed by atoms with E-state index in [1.54, 1.807) is 12.1 Å². The molecule has 0 unspecified atom stereocenters. The Morgan fingerprint density at radius 2 is 1.65 bits per heavy atom. The van der Waals surface area contributed by atoms with Crippen molar-refractivity contribution in [3.8, 4) is 0 Å². The molecule has 1 aliphatic carbocycles. The van der Waals surface area contributed by atoms with Gasteiger partial charge >= 0.3 is 0 Å². The van der Waals surface area contributed by atoms with Crippen molar-refractivity contribution in [3.05, 3.63) is 27.2 Å². The van der Waals surface area contributed by atoms with Gasteiger partial charge in [0, 0.05) is 5.02 Å². The minimum absolute atomic E-state index is 0.0138. The first-order valence-electron chi connectivity index (χ1n) is 5.67. The molecule has 2 N–H and O–H groups in total. The molecule has 1 aliphatic rings. The molecule has 0 aliphatic heterocycles. The quantitative estimate of drug-likeness (QED) is 0.849. The third kappa shape index (κ3) is 3.19. The third-order valence-corrected chi connectivity index (χ3v) is 3.88. The zero-order valence-corrected chi connectivity index (χ0v) is 11.5. The van der Waals surface area contributed by atoms with Crippen molar-refractivity contribution < 1.29 is 5.11 Å². The largest absolute Gasteiger partial charge is 0.391 e. The maximum Gasteiger partial charge on any atom is 0.0741 e. The summed E-state index contributed by atoms with van der Waals surface area (Å²) < 4.78 is 0. The van der Waals surface area contributed by atoms with Crippen LogP contribution in [0.4, 0.5) is 5.69 Å². The molecule has 2 atom stereocenters. The number of anilines is 1. The second-order valence-corrected chi connectivity index (χ2v) is 5.60. The molecule has 0 heterocycles. The summed E-state index contributed by atoms with van der Waals surface area (Å²) in [6, 6.07) is 3.30. The highest BCUT2D eigenvalue weighted by Gasteiger charge is 2.24. The smallest absolute Gasteiger partial charge is 0.0741 e. The van der Waals surface area contributed by atoms with Crippen LogP contribution >= 0.6 is 34.8 Å². The van der Waals surface area contributed by atoms with E-state index in [-0.39, 0.29) is 12.1 Å². The molecule has 1 aromatic rings. The van der Waals surface area contributed by atoms with E-state index in [0.29, 0.717) is 20.8 Å². The molecule has 0 radical (unpaired) electrons. The molecule has 0 spiro atoms. The van der Waals surface area contributed by atoms with Crippen molar-refractivity contribution >= 4 is 40.5 Å². The highest BCUT2D eigenvalue weighted by molar-refractivity contribution is 6.41. The Labute approximate surface area is 116 Å². The predicted octanol–water partition coefficient (Wildman–Crippen LogP) is 4.36. The van der Waals surface area contributed by atoms with Gasteiger partial charge in [-0.1, -0.05) is 47.6 Å². The minimum Gasteiger partial charge on any atom is -0.391 e. The van der Waals surface area contributed by atoms with Gasteiger partial charge in [0.1, 0.15) is 0 Å². The van der Waals surface area contributed by atoms with Crippen LogP contribution in [0.15, 0.2) is 12.1 Å². The summed E-state index contributed by atoms with van der Waals surface area (Å²) >= 11 is 18.0. The van der Waals surface area contributed by atoms with Crippen LogP contribution < -0.4 is 5.32 Å². The number of benzene rings is 1. The summed E-state index contributed by atoms with van der Waals surface area (Å²) in [5.74, 6) is 0. The molecule has 1 saturated carbocycles. The Balaban J connectivity index is 2.17. The molecule has 1 fully saturated rings. The summed E-state index contributed by atoms with van der Waals surface area (Å²) in [4.78, 5) is 0. The number of hydrogen-bond acceptors (Lipinski definition) is 2. The Morgan fingerprint density at radius 1 is 1.06 bits per heavy atom. The standard InChI is InChI=1S/C12H14Cl3NO/c13-7-5-8(14)12(9(15)6-7)16-10-3-1-2-4-11(10)17/h5-6,10-11,16-17H,1-4H2/t10-,11-/m1/s1. The van der Waals surface area contributed by atoms with E-state index < -0.39 is 0 Å². The van der Waals surface area contributed by atoms with Crippen molar-refractivity contribution in [2.75, 3.05) is 5.32 Å². The van der Waals surface area contributed by atoms with Gasteiger partial charge in [-0.25, -0.2) is 0 Å². The van der Waals surface area contributed by atoms with E-state index in [2.05, 4.69) is 5.32 Å². The molecule has 0 amide bonds. The van der Waals surface area contributed by atoms with E-state index in [9.17, 15) is 5.11 Å². The van der Waals surface area contributed by atoms with Crippen LogP contribution in [0.1, 0.15) is 25.7 Å². The fourth-order valence-electron chi connectivity index (χ4n) is 2.15. The topological polar surface area (TPSA) is 32.3 Å². The molecule has 0 aromatic heterocycles. The summed E-state index contributed by atoms with van der Waals surface area (Å²) in [5.41, 5.74) is 0.656. The average molecular weight is 295 g/mol. The van der Waals surface area contributed by atoms with Gasteiger partial charge in [0.15, 0.2) is 0 Å². The molecule has 1 aromatic carbocycles. The fraction of sp³-hybridized carbons (Fsp3) is 0.500. The lowest BCUT2D eigenvalue weighted by Gasteiger charge is -2.29. The third-order valence-electron chi connectivity index (χ3n) is 3.07. The number of halogens is 3. The second kappa shape index (κ2) is 5.66. The van der Waals surface area contributed by atoms with E-state index in [0.717, 1.165) is 25.7 Å². The van der Waals surface area contributed by atoms with Gasteiger partial charge < -0.3 is 10.4 Å². The van der Waals surface area contributed by atoms with Crippen LogP contribution in [0.25, 0.3) is 0 Å². The second-order valence-electron chi connectivity index (χ2n) is 4.35. The maximum atomic E-state index is 9.89. The molecule has 5 heteroatoms. The summed E-state index contributed by atoms with van der Waals surface area (Å²) in [6.45, 7) is 0. The fourth-order valence-corrected chi connectivity index (χ4v) is 3.07. The van der Waals surface area contributed by atoms with Crippen LogP contribution in [0, 0.1) is 0 Å². The number of aliphatic hydroxyl groups is 1. The zero-order valence-electron chi connectivity index (χ0n) is 9.22. The lowest BCUT2D eigenvalue weighted by molar-refractivity contribution is 0.116. The Bertz CT molecular complexity index is 388. The van der Waals surface area contributed by atoms with Gasteiger partial charge in [0.05, 0.1) is 27.9 Å². The van der Waals surface area contributed by atoms with Crippen LogP contribution in [0.3, 0.4) is 0 Å². The SMILES string of the molecule is O[C@@H]1CCCC[C@H]1Nc1c(Cl)cc(Cl)cc1Cl. The van der Waals surface area contributed by atoms with E-state index >= 15 is 0 Å². The first-order chi connectivity index (χ1) is 8.08. The van der Waals surface area contributed by atoms with Gasteiger partial charge in [-0.2, -0.15) is 0 Å². The van der Waals surface area contributed by atoms with Crippen LogP contribution in [-0.4, -0.2) is 17.3 Å². The summed E-state index contributed by atoms with van der Waals surface area (Å²) in [5, 5.41) is 14.6. The van der Waals surface area contributed by atoms with Crippen molar-refractivity contribution in [3.63, 3.8) is 0 Å². The van der Waals surface area contributed by atoms with Crippen LogP contribution in [0.2, 0.25) is 15.1 Å². The Hall–Kier alpha value is -0.150. The zero-order chi connectivity index (χ0) is 12.4. The molecule has 2 nitrogen and oxygen atoms in total. The van der Waals surface area contributed by atoms with Crippen LogP contribution in [0.5, 0.6) is 0 Å². The van der Waals surface area contributed by atoms with Gasteiger partial charge in [-0.3, -0.25) is 0 Å². The van der Waals surface area contributed by atoms with Gasteiger partial charge in [0.25, 0.3) is 0 Å². The molecule has 0 bridgehead atoms. The number of rotatable bonds is 2. The van der Waals surface area contributed by atoms with Crippen molar-refractivity contribution in [1.82, 2.24) is 0 Å². The minimum atomic E-state index is -0.341. The summed E-state index contributed by atoms with van der Waals surface area (Å²) in [6.07, 6.45) is 3.59. The van der Waals surface area contributed by atoms with E-state index in [1.807, 2.05) is 0 Å². The highest BCUT2D eigenvalue weighted by Crippen LogP contribution is 2.35. The number of aliphatic hydroxyl groups excluding tert-OH is 1. The average Bonchev–Trinajstić information content (AvgIpc) is 2.25. The predicted molar refractivity (Wildman–Crippen MR) is 73.4 cm³/mol. The normalized spacial score (nSPS) is 24.7.